The van der Waals surface area contributed by atoms with Gasteiger partial charge in [0.05, 0.1) is 17.7 Å². The van der Waals surface area contributed by atoms with E-state index in [2.05, 4.69) is 20.6 Å². The van der Waals surface area contributed by atoms with Gasteiger partial charge in [-0.1, -0.05) is 35.9 Å². The van der Waals surface area contributed by atoms with E-state index in [-0.39, 0.29) is 23.6 Å². The number of primary amides is 1. The second-order valence-corrected chi connectivity index (χ2v) is 10.9. The summed E-state index contributed by atoms with van der Waals surface area (Å²) < 4.78 is 14.8. The molecule has 10 nitrogen and oxygen atoms in total. The van der Waals surface area contributed by atoms with Crippen molar-refractivity contribution >= 4 is 41.0 Å². The molecule has 218 valence electrons. The highest BCUT2D eigenvalue weighted by atomic mass is 35.5. The number of likely N-dealkylation sites (tertiary alicyclic amines) is 1. The van der Waals surface area contributed by atoms with Gasteiger partial charge in [0.2, 0.25) is 11.9 Å². The standard InChI is InChI=1S/C31H28ClFN8O2/c32-20-7-10-22-24(13-20)27(23-3-1-2-4-25(23)33)36-14-19-15-37-31(39-26(19)22)38-21-8-5-17(6-9-21)29(43)40-30(35)41-12-11-18(16-41)28(34)42/h1-10,13,15,18,27,36H,11-12,14,16H2,(H2,34,42)(H2,35,40,43)(H,37,38,39). The molecule has 43 heavy (non-hydrogen) atoms. The molecule has 1 aromatic heterocycles. The van der Waals surface area contributed by atoms with Crippen LogP contribution in [-0.2, 0) is 11.3 Å². The number of anilines is 2. The summed E-state index contributed by atoms with van der Waals surface area (Å²) in [4.78, 5) is 39.1. The lowest BCUT2D eigenvalue weighted by atomic mass is 9.93. The third-order valence-electron chi connectivity index (χ3n) is 7.68. The van der Waals surface area contributed by atoms with E-state index in [1.165, 1.54) is 6.07 Å². The quantitative estimate of drug-likeness (QED) is 0.198. The predicted molar refractivity (Wildman–Crippen MR) is 162 cm³/mol. The number of benzene rings is 3. The summed E-state index contributed by atoms with van der Waals surface area (Å²) in [6.45, 7) is 1.28. The maximum absolute atomic E-state index is 14.8. The van der Waals surface area contributed by atoms with Crippen molar-refractivity contribution in [2.75, 3.05) is 18.4 Å². The lowest BCUT2D eigenvalue weighted by Gasteiger charge is -2.20. The summed E-state index contributed by atoms with van der Waals surface area (Å²) in [5.74, 6) is -1.10. The summed E-state index contributed by atoms with van der Waals surface area (Å²) >= 11 is 6.38. The van der Waals surface area contributed by atoms with Gasteiger partial charge in [-0.3, -0.25) is 9.59 Å². The highest BCUT2D eigenvalue weighted by Gasteiger charge is 2.29. The van der Waals surface area contributed by atoms with E-state index in [1.807, 2.05) is 12.1 Å². The molecule has 0 radical (unpaired) electrons. The Kier molecular flexibility index (Phi) is 7.75. The van der Waals surface area contributed by atoms with Crippen LogP contribution in [0.5, 0.6) is 0 Å². The molecular weight excluding hydrogens is 571 g/mol. The SMILES string of the molecule is NC(=O)C1CCN(C(N)=NC(=O)c2ccc(Nc3ncc4c(n3)-c3ccc(Cl)cc3C(c3ccccc3F)NC4)cc2)C1. The van der Waals surface area contributed by atoms with Gasteiger partial charge in [-0.25, -0.2) is 14.4 Å². The Morgan fingerprint density at radius 3 is 2.60 bits per heavy atom. The minimum atomic E-state index is -0.500. The molecule has 4 aromatic rings. The average Bonchev–Trinajstić information content (AvgIpc) is 3.45. The first-order valence-electron chi connectivity index (χ1n) is 13.7. The molecule has 6 N–H and O–H groups in total. The molecule has 6 rings (SSSR count). The Balaban J connectivity index is 1.22. The average molecular weight is 599 g/mol. The predicted octanol–water partition coefficient (Wildman–Crippen LogP) is 4.13. The number of carbonyl (C=O) groups is 2. The number of nitrogens with two attached hydrogens (primary N) is 2. The van der Waals surface area contributed by atoms with Crippen LogP contribution in [0.1, 0.15) is 39.5 Å². The maximum atomic E-state index is 14.8. The summed E-state index contributed by atoms with van der Waals surface area (Å²) in [5.41, 5.74) is 16.1. The molecule has 0 bridgehead atoms. The zero-order valence-corrected chi connectivity index (χ0v) is 23.7. The zero-order valence-electron chi connectivity index (χ0n) is 22.9. The van der Waals surface area contributed by atoms with Crippen molar-refractivity contribution < 1.29 is 14.0 Å². The van der Waals surface area contributed by atoms with E-state index in [1.54, 1.807) is 59.6 Å². The first-order valence-corrected chi connectivity index (χ1v) is 14.1. The van der Waals surface area contributed by atoms with Crippen LogP contribution in [0.3, 0.4) is 0 Å². The van der Waals surface area contributed by atoms with Crippen LogP contribution in [0.25, 0.3) is 11.3 Å². The molecule has 1 fully saturated rings. The zero-order chi connectivity index (χ0) is 30.1. The summed E-state index contributed by atoms with van der Waals surface area (Å²) in [7, 11) is 0. The van der Waals surface area contributed by atoms with E-state index >= 15 is 0 Å². The number of aliphatic imine (C=N–C) groups is 1. The van der Waals surface area contributed by atoms with E-state index < -0.39 is 11.9 Å². The van der Waals surface area contributed by atoms with Crippen molar-refractivity contribution in [1.29, 1.82) is 0 Å². The molecule has 0 spiro atoms. The molecular formula is C31H28ClFN8O2. The number of fused-ring (bicyclic) bond motifs is 3. The highest BCUT2D eigenvalue weighted by molar-refractivity contribution is 6.30. The fourth-order valence-electron chi connectivity index (χ4n) is 5.39. The Labute approximate surface area is 252 Å². The first kappa shape index (κ1) is 28.3. The van der Waals surface area contributed by atoms with Gasteiger partial charge in [-0.2, -0.15) is 4.99 Å². The van der Waals surface area contributed by atoms with Gasteiger partial charge in [0, 0.05) is 58.8 Å². The number of rotatable bonds is 5. The van der Waals surface area contributed by atoms with Crippen LogP contribution in [0.15, 0.2) is 77.9 Å². The first-order chi connectivity index (χ1) is 20.8. The van der Waals surface area contributed by atoms with Crippen LogP contribution in [0.2, 0.25) is 5.02 Å². The molecule has 2 aliphatic heterocycles. The molecule has 2 amide bonds. The van der Waals surface area contributed by atoms with E-state index in [9.17, 15) is 14.0 Å². The van der Waals surface area contributed by atoms with Crippen LogP contribution in [-0.4, -0.2) is 45.7 Å². The third kappa shape index (κ3) is 5.90. The number of hydrogen-bond donors (Lipinski definition) is 4. The van der Waals surface area contributed by atoms with Crippen molar-refractivity contribution in [3.8, 4) is 11.3 Å². The van der Waals surface area contributed by atoms with E-state index in [4.69, 9.17) is 28.1 Å². The van der Waals surface area contributed by atoms with E-state index in [0.29, 0.717) is 59.5 Å². The van der Waals surface area contributed by atoms with Gasteiger partial charge in [0.25, 0.3) is 5.91 Å². The minimum Gasteiger partial charge on any atom is -0.369 e. The topological polar surface area (TPSA) is 152 Å². The Hall–Kier alpha value is -4.87. The lowest BCUT2D eigenvalue weighted by molar-refractivity contribution is -0.121. The van der Waals surface area contributed by atoms with Crippen molar-refractivity contribution in [1.82, 2.24) is 20.2 Å². The van der Waals surface area contributed by atoms with E-state index in [0.717, 1.165) is 16.7 Å². The number of halogens is 2. The van der Waals surface area contributed by atoms with Gasteiger partial charge in [0.1, 0.15) is 5.82 Å². The number of hydrogen-bond acceptors (Lipinski definition) is 6. The molecule has 0 aliphatic carbocycles. The summed E-state index contributed by atoms with van der Waals surface area (Å²) in [6, 6.07) is 18.4. The molecule has 2 atom stereocenters. The third-order valence-corrected chi connectivity index (χ3v) is 7.91. The fraction of sp³-hybridized carbons (Fsp3) is 0.194. The van der Waals surface area contributed by atoms with Gasteiger partial charge in [0.15, 0.2) is 5.96 Å². The van der Waals surface area contributed by atoms with Crippen LogP contribution in [0, 0.1) is 11.7 Å². The maximum Gasteiger partial charge on any atom is 0.280 e. The van der Waals surface area contributed by atoms with Crippen molar-refractivity contribution in [2.45, 2.75) is 19.0 Å². The minimum absolute atomic E-state index is 0.0580. The molecule has 3 aromatic carbocycles. The molecule has 2 aliphatic rings. The monoisotopic (exact) mass is 598 g/mol. The number of nitrogens with one attached hydrogen (secondary N) is 2. The van der Waals surface area contributed by atoms with Gasteiger partial charge < -0.3 is 27.0 Å². The Morgan fingerprint density at radius 1 is 1.07 bits per heavy atom. The molecule has 3 heterocycles. The smallest absolute Gasteiger partial charge is 0.280 e. The molecule has 1 saturated heterocycles. The second kappa shape index (κ2) is 11.8. The van der Waals surface area contributed by atoms with Crippen LogP contribution >= 0.6 is 11.6 Å². The van der Waals surface area contributed by atoms with Crippen molar-refractivity contribution in [3.63, 3.8) is 0 Å². The van der Waals surface area contributed by atoms with Gasteiger partial charge >= 0.3 is 0 Å². The van der Waals surface area contributed by atoms with Crippen LogP contribution in [0.4, 0.5) is 16.0 Å². The van der Waals surface area contributed by atoms with Crippen molar-refractivity contribution in [3.05, 3.63) is 106 Å². The number of carbonyl (C=O) groups excluding carboxylic acids is 2. The molecule has 2 unspecified atom stereocenters. The molecule has 12 heteroatoms. The number of nitrogens with zero attached hydrogens (tertiary/aromatic N) is 4. The normalized spacial score (nSPS) is 18.0. The van der Waals surface area contributed by atoms with Crippen molar-refractivity contribution in [2.24, 2.45) is 22.4 Å². The Bertz CT molecular complexity index is 1750. The fourth-order valence-corrected chi connectivity index (χ4v) is 5.57. The number of amides is 2. The summed E-state index contributed by atoms with van der Waals surface area (Å²) in [6.07, 6.45) is 2.31. The van der Waals surface area contributed by atoms with Crippen LogP contribution < -0.4 is 22.1 Å². The Morgan fingerprint density at radius 2 is 1.86 bits per heavy atom. The highest BCUT2D eigenvalue weighted by Crippen LogP contribution is 2.38. The van der Waals surface area contributed by atoms with Gasteiger partial charge in [-0.15, -0.1) is 0 Å². The number of guanidine groups is 1. The largest absolute Gasteiger partial charge is 0.369 e. The second-order valence-electron chi connectivity index (χ2n) is 10.4. The number of aromatic nitrogens is 2. The lowest BCUT2D eigenvalue weighted by Crippen LogP contribution is -2.37. The summed E-state index contributed by atoms with van der Waals surface area (Å²) in [5, 5.41) is 7.15. The van der Waals surface area contributed by atoms with Gasteiger partial charge in [-0.05, 0) is 54.4 Å². The molecule has 0 saturated carbocycles.